The predicted octanol–water partition coefficient (Wildman–Crippen LogP) is 2.47. The highest BCUT2D eigenvalue weighted by Gasteiger charge is 2.25. The van der Waals surface area contributed by atoms with E-state index in [0.717, 1.165) is 18.9 Å². The third kappa shape index (κ3) is 9.61. The van der Waals surface area contributed by atoms with Gasteiger partial charge in [-0.05, 0) is 33.6 Å². The summed E-state index contributed by atoms with van der Waals surface area (Å²) in [6, 6.07) is 0. The number of hydrogen-bond donors (Lipinski definition) is 1. The van der Waals surface area contributed by atoms with Gasteiger partial charge < -0.3 is 19.3 Å². The molecular formula is C16H30O5. The molecule has 0 aliphatic carbocycles. The van der Waals surface area contributed by atoms with Crippen LogP contribution in [0, 0.1) is 0 Å². The minimum Gasteiger partial charge on any atom is -0.462 e. The largest absolute Gasteiger partial charge is 0.462 e. The molecule has 0 aliphatic heterocycles. The quantitative estimate of drug-likeness (QED) is 0.443. The van der Waals surface area contributed by atoms with Crippen LogP contribution >= 0.6 is 0 Å². The summed E-state index contributed by atoms with van der Waals surface area (Å²) in [6.45, 7) is 12.6. The Morgan fingerprint density at radius 3 is 2.33 bits per heavy atom. The van der Waals surface area contributed by atoms with Crippen molar-refractivity contribution in [3.63, 3.8) is 0 Å². The van der Waals surface area contributed by atoms with Crippen molar-refractivity contribution in [1.82, 2.24) is 0 Å². The SMILES string of the molecule is C=CC(=O)OCCC(C)(C)OCCC(C)(CC)OCCO. The van der Waals surface area contributed by atoms with Gasteiger partial charge in [0.2, 0.25) is 0 Å². The average molecular weight is 302 g/mol. The van der Waals surface area contributed by atoms with Crippen LogP contribution in [0.4, 0.5) is 0 Å². The Balaban J connectivity index is 4.05. The highest BCUT2D eigenvalue weighted by molar-refractivity contribution is 5.81. The molecule has 0 amide bonds. The third-order valence-corrected chi connectivity index (χ3v) is 3.53. The Labute approximate surface area is 128 Å². The number of rotatable bonds is 12. The minimum absolute atomic E-state index is 0.0244. The maximum atomic E-state index is 11.0. The van der Waals surface area contributed by atoms with Gasteiger partial charge in [0.25, 0.3) is 0 Å². The number of aliphatic hydroxyl groups excluding tert-OH is 1. The van der Waals surface area contributed by atoms with Crippen LogP contribution in [0.5, 0.6) is 0 Å². The first-order valence-electron chi connectivity index (χ1n) is 7.46. The maximum absolute atomic E-state index is 11.0. The summed E-state index contributed by atoms with van der Waals surface area (Å²) in [5.41, 5.74) is -0.652. The van der Waals surface area contributed by atoms with Crippen molar-refractivity contribution in [2.24, 2.45) is 0 Å². The van der Waals surface area contributed by atoms with Crippen molar-refractivity contribution < 1.29 is 24.1 Å². The molecule has 0 fully saturated rings. The summed E-state index contributed by atoms with van der Waals surface area (Å²) in [7, 11) is 0. The van der Waals surface area contributed by atoms with Crippen LogP contribution in [0.2, 0.25) is 0 Å². The van der Waals surface area contributed by atoms with Gasteiger partial charge in [0.05, 0.1) is 37.6 Å². The van der Waals surface area contributed by atoms with Crippen LogP contribution in [0.15, 0.2) is 12.7 Å². The predicted molar refractivity (Wildman–Crippen MR) is 82.2 cm³/mol. The smallest absolute Gasteiger partial charge is 0.330 e. The Morgan fingerprint density at radius 1 is 1.14 bits per heavy atom. The Bertz CT molecular complexity index is 314. The van der Waals surface area contributed by atoms with E-state index in [1.807, 2.05) is 20.8 Å². The Hall–Kier alpha value is -0.910. The van der Waals surface area contributed by atoms with E-state index in [1.54, 1.807) is 0 Å². The zero-order chi connectivity index (χ0) is 16.4. The van der Waals surface area contributed by atoms with E-state index in [0.29, 0.717) is 26.2 Å². The summed E-state index contributed by atoms with van der Waals surface area (Å²) in [6.07, 6.45) is 3.37. The highest BCUT2D eigenvalue weighted by atomic mass is 16.5. The second-order valence-corrected chi connectivity index (χ2v) is 5.86. The molecule has 0 rings (SSSR count). The van der Waals surface area contributed by atoms with Gasteiger partial charge in [-0.25, -0.2) is 4.79 Å². The molecule has 0 saturated heterocycles. The van der Waals surface area contributed by atoms with E-state index in [2.05, 4.69) is 13.5 Å². The molecule has 1 atom stereocenters. The molecule has 1 unspecified atom stereocenters. The van der Waals surface area contributed by atoms with E-state index in [-0.39, 0.29) is 17.8 Å². The first kappa shape index (κ1) is 20.1. The van der Waals surface area contributed by atoms with Crippen molar-refractivity contribution in [2.75, 3.05) is 26.4 Å². The maximum Gasteiger partial charge on any atom is 0.330 e. The molecule has 0 heterocycles. The minimum atomic E-state index is -0.415. The number of carbonyl (C=O) groups excluding carboxylic acids is 1. The van der Waals surface area contributed by atoms with Crippen molar-refractivity contribution in [3.8, 4) is 0 Å². The second-order valence-electron chi connectivity index (χ2n) is 5.86. The lowest BCUT2D eigenvalue weighted by atomic mass is 9.99. The van der Waals surface area contributed by atoms with Gasteiger partial charge >= 0.3 is 5.97 Å². The van der Waals surface area contributed by atoms with E-state index in [9.17, 15) is 4.79 Å². The normalized spacial score (nSPS) is 14.5. The van der Waals surface area contributed by atoms with Gasteiger partial charge in [0.15, 0.2) is 0 Å². The lowest BCUT2D eigenvalue weighted by Crippen LogP contribution is -2.34. The lowest BCUT2D eigenvalue weighted by molar-refractivity contribution is -0.140. The summed E-state index contributed by atoms with van der Waals surface area (Å²) in [5.74, 6) is -0.415. The summed E-state index contributed by atoms with van der Waals surface area (Å²) in [5, 5.41) is 8.84. The number of hydrogen-bond acceptors (Lipinski definition) is 5. The fourth-order valence-electron chi connectivity index (χ4n) is 1.71. The molecule has 0 spiro atoms. The molecule has 0 aliphatic rings. The Morgan fingerprint density at radius 2 is 1.81 bits per heavy atom. The van der Waals surface area contributed by atoms with Crippen molar-refractivity contribution in [1.29, 1.82) is 0 Å². The molecule has 0 saturated carbocycles. The van der Waals surface area contributed by atoms with E-state index < -0.39 is 5.97 Å². The molecule has 5 heteroatoms. The molecule has 124 valence electrons. The Kier molecular flexibility index (Phi) is 9.49. The number of esters is 1. The van der Waals surface area contributed by atoms with Crippen LogP contribution in [-0.2, 0) is 19.0 Å². The van der Waals surface area contributed by atoms with Gasteiger partial charge in [0, 0.05) is 12.5 Å². The summed E-state index contributed by atoms with van der Waals surface area (Å²) >= 11 is 0. The monoisotopic (exact) mass is 302 g/mol. The summed E-state index contributed by atoms with van der Waals surface area (Å²) < 4.78 is 16.5. The van der Waals surface area contributed by atoms with Crippen LogP contribution in [0.1, 0.15) is 47.0 Å². The van der Waals surface area contributed by atoms with Gasteiger partial charge in [-0.2, -0.15) is 0 Å². The molecular weight excluding hydrogens is 272 g/mol. The number of ether oxygens (including phenoxy) is 3. The molecule has 5 nitrogen and oxygen atoms in total. The van der Waals surface area contributed by atoms with Gasteiger partial charge in [0.1, 0.15) is 0 Å². The first-order chi connectivity index (χ1) is 9.78. The van der Waals surface area contributed by atoms with Crippen LogP contribution in [0.3, 0.4) is 0 Å². The molecule has 0 aromatic heterocycles. The fourth-order valence-corrected chi connectivity index (χ4v) is 1.71. The molecule has 0 aromatic carbocycles. The van der Waals surface area contributed by atoms with Gasteiger partial charge in [-0.15, -0.1) is 0 Å². The van der Waals surface area contributed by atoms with E-state index >= 15 is 0 Å². The first-order valence-corrected chi connectivity index (χ1v) is 7.46. The van der Waals surface area contributed by atoms with E-state index in [4.69, 9.17) is 19.3 Å². The van der Waals surface area contributed by atoms with Crippen molar-refractivity contribution in [3.05, 3.63) is 12.7 Å². The van der Waals surface area contributed by atoms with Crippen LogP contribution in [0.25, 0.3) is 0 Å². The third-order valence-electron chi connectivity index (χ3n) is 3.53. The molecule has 0 bridgehead atoms. The average Bonchev–Trinajstić information content (AvgIpc) is 2.44. The zero-order valence-corrected chi connectivity index (χ0v) is 13.8. The van der Waals surface area contributed by atoms with Crippen LogP contribution in [-0.4, -0.2) is 48.7 Å². The van der Waals surface area contributed by atoms with Crippen molar-refractivity contribution >= 4 is 5.97 Å². The van der Waals surface area contributed by atoms with Gasteiger partial charge in [-0.3, -0.25) is 0 Å². The van der Waals surface area contributed by atoms with Crippen LogP contribution < -0.4 is 0 Å². The standard InChI is InChI=1S/C16H30O5/c1-6-14(18)19-11-8-15(3,4)20-12-9-16(5,7-2)21-13-10-17/h6,17H,1,7-13H2,2-5H3. The highest BCUT2D eigenvalue weighted by Crippen LogP contribution is 2.22. The molecule has 0 radical (unpaired) electrons. The van der Waals surface area contributed by atoms with Gasteiger partial charge in [-0.1, -0.05) is 13.5 Å². The van der Waals surface area contributed by atoms with Crippen molar-refractivity contribution in [2.45, 2.75) is 58.2 Å². The molecule has 1 N–H and O–H groups in total. The van der Waals surface area contributed by atoms with E-state index in [1.165, 1.54) is 0 Å². The summed E-state index contributed by atoms with van der Waals surface area (Å²) in [4.78, 5) is 11.0. The number of aliphatic hydroxyl groups is 1. The molecule has 21 heavy (non-hydrogen) atoms. The fraction of sp³-hybridized carbons (Fsp3) is 0.812. The number of carbonyl (C=O) groups is 1. The topological polar surface area (TPSA) is 65.0 Å². The second kappa shape index (κ2) is 9.92. The zero-order valence-electron chi connectivity index (χ0n) is 13.8. The lowest BCUT2D eigenvalue weighted by Gasteiger charge is -2.31. The molecule has 0 aromatic rings.